The molecular formula is C24H25N3O2. The molecule has 5 heteroatoms. The highest BCUT2D eigenvalue weighted by atomic mass is 16.2. The molecule has 1 N–H and O–H groups in total. The minimum absolute atomic E-state index is 0.169. The van der Waals surface area contributed by atoms with Gasteiger partial charge in [-0.3, -0.25) is 14.6 Å². The fourth-order valence-corrected chi connectivity index (χ4v) is 3.45. The van der Waals surface area contributed by atoms with Gasteiger partial charge in [0.2, 0.25) is 0 Å². The number of nitrogens with zero attached hydrogens (tertiary/aromatic N) is 2. The van der Waals surface area contributed by atoms with Gasteiger partial charge in [0.1, 0.15) is 5.69 Å². The third kappa shape index (κ3) is 4.51. The Morgan fingerprint density at radius 3 is 2.24 bits per heavy atom. The lowest BCUT2D eigenvalue weighted by Crippen LogP contribution is -2.31. The van der Waals surface area contributed by atoms with Gasteiger partial charge >= 0.3 is 0 Å². The number of carbonyl (C=O) groups is 2. The predicted octanol–water partition coefficient (Wildman–Crippen LogP) is 4.93. The summed E-state index contributed by atoms with van der Waals surface area (Å²) in [4.78, 5) is 31.7. The van der Waals surface area contributed by atoms with E-state index in [2.05, 4.69) is 10.3 Å². The van der Waals surface area contributed by atoms with Gasteiger partial charge in [-0.1, -0.05) is 35.9 Å². The van der Waals surface area contributed by atoms with Crippen LogP contribution in [0.3, 0.4) is 0 Å². The molecule has 0 unspecified atom stereocenters. The van der Waals surface area contributed by atoms with Gasteiger partial charge in [0.25, 0.3) is 11.8 Å². The van der Waals surface area contributed by atoms with E-state index in [4.69, 9.17) is 0 Å². The van der Waals surface area contributed by atoms with Crippen LogP contribution >= 0.6 is 0 Å². The van der Waals surface area contributed by atoms with Crippen LogP contribution in [0.25, 0.3) is 0 Å². The second-order valence-corrected chi connectivity index (χ2v) is 7.04. The molecule has 1 heterocycles. The smallest absolute Gasteiger partial charge is 0.274 e. The predicted molar refractivity (Wildman–Crippen MR) is 117 cm³/mol. The van der Waals surface area contributed by atoms with E-state index in [1.165, 1.54) is 6.20 Å². The Balaban J connectivity index is 1.85. The Morgan fingerprint density at radius 2 is 1.62 bits per heavy atom. The quantitative estimate of drug-likeness (QED) is 0.675. The number of hydrogen-bond acceptors (Lipinski definition) is 3. The van der Waals surface area contributed by atoms with E-state index < -0.39 is 0 Å². The van der Waals surface area contributed by atoms with Crippen molar-refractivity contribution in [2.45, 2.75) is 27.7 Å². The topological polar surface area (TPSA) is 62.3 Å². The maximum Gasteiger partial charge on any atom is 0.274 e. The zero-order chi connectivity index (χ0) is 21.0. The fraction of sp³-hybridized carbons (Fsp3) is 0.208. The van der Waals surface area contributed by atoms with Crippen LogP contribution in [-0.4, -0.2) is 23.3 Å². The molecule has 148 valence electrons. The first-order valence-electron chi connectivity index (χ1n) is 9.63. The van der Waals surface area contributed by atoms with Crippen molar-refractivity contribution < 1.29 is 9.59 Å². The molecule has 0 spiro atoms. The van der Waals surface area contributed by atoms with Gasteiger partial charge in [-0.05, 0) is 63.1 Å². The number of aryl methyl sites for hydroxylation is 3. The van der Waals surface area contributed by atoms with Gasteiger partial charge in [-0.25, -0.2) is 0 Å². The summed E-state index contributed by atoms with van der Waals surface area (Å²) in [5, 5.41) is 2.94. The van der Waals surface area contributed by atoms with Crippen molar-refractivity contribution >= 4 is 23.2 Å². The molecule has 0 radical (unpaired) electrons. The number of nitrogens with one attached hydrogen (secondary N) is 1. The second kappa shape index (κ2) is 8.69. The van der Waals surface area contributed by atoms with Crippen LogP contribution in [0.15, 0.2) is 60.8 Å². The number of hydrogen-bond donors (Lipinski definition) is 1. The minimum Gasteiger partial charge on any atom is -0.320 e. The van der Waals surface area contributed by atoms with Gasteiger partial charge in [-0.2, -0.15) is 0 Å². The molecule has 2 amide bonds. The lowest BCUT2D eigenvalue weighted by molar-refractivity contribution is 0.0988. The first-order valence-corrected chi connectivity index (χ1v) is 9.63. The second-order valence-electron chi connectivity index (χ2n) is 7.04. The van der Waals surface area contributed by atoms with Gasteiger partial charge in [0.05, 0.1) is 0 Å². The molecule has 0 fully saturated rings. The Hall–Kier alpha value is -3.47. The summed E-state index contributed by atoms with van der Waals surface area (Å²) in [5.41, 5.74) is 5.35. The highest BCUT2D eigenvalue weighted by Crippen LogP contribution is 2.23. The zero-order valence-electron chi connectivity index (χ0n) is 17.2. The number of carbonyl (C=O) groups excluding carboxylic acids is 2. The average molecular weight is 387 g/mol. The van der Waals surface area contributed by atoms with E-state index >= 15 is 0 Å². The summed E-state index contributed by atoms with van der Waals surface area (Å²) in [5.74, 6) is -0.504. The van der Waals surface area contributed by atoms with E-state index in [0.29, 0.717) is 12.1 Å². The van der Waals surface area contributed by atoms with E-state index in [1.807, 2.05) is 70.2 Å². The Labute approximate surface area is 171 Å². The van der Waals surface area contributed by atoms with Crippen molar-refractivity contribution in [2.24, 2.45) is 0 Å². The molecule has 0 aliphatic rings. The molecule has 3 aromatic rings. The maximum atomic E-state index is 13.0. The number of anilines is 2. The molecule has 2 aromatic carbocycles. The molecule has 5 nitrogen and oxygen atoms in total. The molecule has 1 aromatic heterocycles. The van der Waals surface area contributed by atoms with Crippen molar-refractivity contribution in [3.05, 3.63) is 88.7 Å². The molecule has 0 saturated carbocycles. The van der Waals surface area contributed by atoms with Crippen LogP contribution in [-0.2, 0) is 0 Å². The fourth-order valence-electron chi connectivity index (χ4n) is 3.45. The summed E-state index contributed by atoms with van der Waals surface area (Å²) >= 11 is 0. The Kier molecular flexibility index (Phi) is 6.07. The zero-order valence-corrected chi connectivity index (χ0v) is 17.2. The van der Waals surface area contributed by atoms with Crippen LogP contribution in [0.2, 0.25) is 0 Å². The lowest BCUT2D eigenvalue weighted by atomic mass is 10.0. The molecular weight excluding hydrogens is 362 g/mol. The van der Waals surface area contributed by atoms with Gasteiger partial charge in [0, 0.05) is 29.7 Å². The van der Waals surface area contributed by atoms with Crippen molar-refractivity contribution in [2.75, 3.05) is 16.8 Å². The number of pyridine rings is 1. The first kappa shape index (κ1) is 20.3. The Morgan fingerprint density at radius 1 is 0.966 bits per heavy atom. The van der Waals surface area contributed by atoms with E-state index in [9.17, 15) is 9.59 Å². The van der Waals surface area contributed by atoms with Gasteiger partial charge in [0.15, 0.2) is 0 Å². The standard InChI is InChI=1S/C24H25N3O2/c1-5-27(20-9-7-6-8-10-20)24(29)19-11-12-25-21(15-19)23(28)26-22-17(3)13-16(2)14-18(22)4/h6-15H,5H2,1-4H3,(H,26,28). The monoisotopic (exact) mass is 387 g/mol. The summed E-state index contributed by atoms with van der Waals surface area (Å²) in [7, 11) is 0. The Bertz CT molecular complexity index is 1020. The summed E-state index contributed by atoms with van der Waals surface area (Å²) < 4.78 is 0. The van der Waals surface area contributed by atoms with Crippen LogP contribution in [0, 0.1) is 20.8 Å². The minimum atomic E-state index is -0.336. The maximum absolute atomic E-state index is 13.0. The lowest BCUT2D eigenvalue weighted by Gasteiger charge is -2.21. The van der Waals surface area contributed by atoms with E-state index in [1.54, 1.807) is 17.0 Å². The van der Waals surface area contributed by atoms with E-state index in [0.717, 1.165) is 28.1 Å². The van der Waals surface area contributed by atoms with Gasteiger partial charge < -0.3 is 10.2 Å². The summed E-state index contributed by atoms with van der Waals surface area (Å²) in [6, 6.07) is 16.7. The molecule has 0 aliphatic carbocycles. The highest BCUT2D eigenvalue weighted by Gasteiger charge is 2.19. The largest absolute Gasteiger partial charge is 0.320 e. The normalized spacial score (nSPS) is 10.5. The van der Waals surface area contributed by atoms with Crippen molar-refractivity contribution in [3.63, 3.8) is 0 Å². The summed E-state index contributed by atoms with van der Waals surface area (Å²) in [6.07, 6.45) is 1.50. The van der Waals surface area contributed by atoms with Crippen LogP contribution in [0.1, 0.15) is 44.5 Å². The number of rotatable bonds is 5. The third-order valence-corrected chi connectivity index (χ3v) is 4.78. The third-order valence-electron chi connectivity index (χ3n) is 4.78. The van der Waals surface area contributed by atoms with Crippen molar-refractivity contribution in [1.82, 2.24) is 4.98 Å². The summed E-state index contributed by atoms with van der Waals surface area (Å²) in [6.45, 7) is 8.38. The van der Waals surface area contributed by atoms with Crippen LogP contribution in [0.4, 0.5) is 11.4 Å². The first-order chi connectivity index (χ1) is 13.9. The van der Waals surface area contributed by atoms with E-state index in [-0.39, 0.29) is 17.5 Å². The number of para-hydroxylation sites is 1. The van der Waals surface area contributed by atoms with Crippen LogP contribution in [0.5, 0.6) is 0 Å². The highest BCUT2D eigenvalue weighted by molar-refractivity contribution is 6.09. The van der Waals surface area contributed by atoms with Gasteiger partial charge in [-0.15, -0.1) is 0 Å². The molecule has 0 saturated heterocycles. The van der Waals surface area contributed by atoms with Crippen molar-refractivity contribution in [3.8, 4) is 0 Å². The average Bonchev–Trinajstić information content (AvgIpc) is 2.72. The number of benzene rings is 2. The van der Waals surface area contributed by atoms with Crippen LogP contribution < -0.4 is 10.2 Å². The molecule has 0 atom stereocenters. The SMILES string of the molecule is CCN(C(=O)c1ccnc(C(=O)Nc2c(C)cc(C)cc2C)c1)c1ccccc1. The molecule has 0 bridgehead atoms. The molecule has 0 aliphatic heterocycles. The van der Waals surface area contributed by atoms with Crippen molar-refractivity contribution in [1.29, 1.82) is 0 Å². The number of amides is 2. The number of aromatic nitrogens is 1. The molecule has 29 heavy (non-hydrogen) atoms. The molecule has 3 rings (SSSR count).